The summed E-state index contributed by atoms with van der Waals surface area (Å²) in [6, 6.07) is 7.84. The second-order valence-electron chi connectivity index (χ2n) is 5.12. The first-order valence-electron chi connectivity index (χ1n) is 7.40. The van der Waals surface area contributed by atoms with Crippen molar-refractivity contribution in [2.24, 2.45) is 0 Å². The van der Waals surface area contributed by atoms with Gasteiger partial charge in [-0.1, -0.05) is 6.07 Å². The molecule has 23 heavy (non-hydrogen) atoms. The maximum absolute atomic E-state index is 5.15. The van der Waals surface area contributed by atoms with E-state index in [9.17, 15) is 0 Å². The van der Waals surface area contributed by atoms with Crippen LogP contribution in [0.4, 0.5) is 5.82 Å². The summed E-state index contributed by atoms with van der Waals surface area (Å²) in [7, 11) is 0. The molecule has 0 atom stereocenters. The number of rotatable bonds is 5. The van der Waals surface area contributed by atoms with Crippen LogP contribution in [0.25, 0.3) is 16.9 Å². The number of imidazole rings is 1. The minimum atomic E-state index is 0.748. The zero-order valence-electron chi connectivity index (χ0n) is 12.4. The highest BCUT2D eigenvalue weighted by atomic mass is 16.3. The van der Waals surface area contributed by atoms with Crippen LogP contribution in [-0.4, -0.2) is 25.9 Å². The maximum Gasteiger partial charge on any atom is 0.180 e. The molecule has 1 N–H and O–H groups in total. The molecule has 0 amide bonds. The average Bonchev–Trinajstić information content (AvgIpc) is 3.25. The lowest BCUT2D eigenvalue weighted by molar-refractivity contribution is 0.568. The van der Waals surface area contributed by atoms with E-state index in [1.54, 1.807) is 24.9 Å². The number of furan rings is 1. The van der Waals surface area contributed by atoms with E-state index in [2.05, 4.69) is 20.3 Å². The molecule has 0 aliphatic rings. The minimum absolute atomic E-state index is 0.748. The van der Waals surface area contributed by atoms with Crippen LogP contribution in [0.15, 0.2) is 66.0 Å². The Kier molecular flexibility index (Phi) is 3.48. The highest BCUT2D eigenvalue weighted by Crippen LogP contribution is 2.23. The number of aromatic nitrogens is 4. The van der Waals surface area contributed by atoms with Gasteiger partial charge in [-0.25, -0.2) is 9.97 Å². The van der Waals surface area contributed by atoms with Crippen LogP contribution in [0, 0.1) is 0 Å². The highest BCUT2D eigenvalue weighted by Gasteiger charge is 2.10. The van der Waals surface area contributed by atoms with Crippen molar-refractivity contribution in [2.45, 2.75) is 6.42 Å². The van der Waals surface area contributed by atoms with Crippen LogP contribution in [0.3, 0.4) is 0 Å². The van der Waals surface area contributed by atoms with E-state index in [-0.39, 0.29) is 0 Å². The van der Waals surface area contributed by atoms with Crippen LogP contribution in [0.2, 0.25) is 0 Å². The predicted molar refractivity (Wildman–Crippen MR) is 87.1 cm³/mol. The van der Waals surface area contributed by atoms with E-state index in [1.807, 2.05) is 41.1 Å². The Balaban J connectivity index is 1.56. The van der Waals surface area contributed by atoms with Crippen molar-refractivity contribution in [3.8, 4) is 11.3 Å². The van der Waals surface area contributed by atoms with E-state index in [0.717, 1.165) is 41.4 Å². The summed E-state index contributed by atoms with van der Waals surface area (Å²) >= 11 is 0. The number of nitrogens with zero attached hydrogens (tertiary/aromatic N) is 4. The van der Waals surface area contributed by atoms with Crippen LogP contribution in [0.5, 0.6) is 0 Å². The molecule has 0 aromatic carbocycles. The summed E-state index contributed by atoms with van der Waals surface area (Å²) in [6.07, 6.45) is 11.5. The monoisotopic (exact) mass is 305 g/mol. The Labute approximate surface area is 132 Å². The fraction of sp³-hybridized carbons (Fsp3) is 0.118. The van der Waals surface area contributed by atoms with E-state index in [0.29, 0.717) is 0 Å². The van der Waals surface area contributed by atoms with Crippen LogP contribution in [0.1, 0.15) is 5.69 Å². The molecule has 4 aromatic rings. The maximum atomic E-state index is 5.15. The number of hydrogen-bond donors (Lipinski definition) is 1. The molecule has 6 heteroatoms. The lowest BCUT2D eigenvalue weighted by Crippen LogP contribution is -2.08. The van der Waals surface area contributed by atoms with Crippen molar-refractivity contribution in [1.82, 2.24) is 19.4 Å². The van der Waals surface area contributed by atoms with Gasteiger partial charge in [-0.15, -0.1) is 0 Å². The van der Waals surface area contributed by atoms with E-state index < -0.39 is 0 Å². The van der Waals surface area contributed by atoms with Crippen molar-refractivity contribution in [2.75, 3.05) is 11.9 Å². The molecule has 4 rings (SSSR count). The van der Waals surface area contributed by atoms with Crippen LogP contribution < -0.4 is 5.32 Å². The largest absolute Gasteiger partial charge is 0.472 e. The van der Waals surface area contributed by atoms with E-state index in [4.69, 9.17) is 4.42 Å². The quantitative estimate of drug-likeness (QED) is 0.614. The van der Waals surface area contributed by atoms with Gasteiger partial charge in [0.05, 0.1) is 24.4 Å². The van der Waals surface area contributed by atoms with Gasteiger partial charge in [0.1, 0.15) is 0 Å². The molecule has 0 saturated heterocycles. The Morgan fingerprint density at radius 1 is 1.09 bits per heavy atom. The van der Waals surface area contributed by atoms with Crippen molar-refractivity contribution in [1.29, 1.82) is 0 Å². The van der Waals surface area contributed by atoms with Gasteiger partial charge >= 0.3 is 0 Å². The standard InChI is InChI=1S/C17H15N5O/c1-2-6-18-14(3-1)4-7-19-16-17-21-11-15(13-5-10-23-12-13)22(17)9-8-20-16/h1-3,5-6,8-12H,4,7H2,(H,19,20). The molecule has 0 spiro atoms. The lowest BCUT2D eigenvalue weighted by atomic mass is 10.2. The average molecular weight is 305 g/mol. The van der Waals surface area contributed by atoms with Gasteiger partial charge in [-0.05, 0) is 18.2 Å². The molecule has 4 heterocycles. The Morgan fingerprint density at radius 3 is 2.91 bits per heavy atom. The van der Waals surface area contributed by atoms with Gasteiger partial charge < -0.3 is 9.73 Å². The fourth-order valence-electron chi connectivity index (χ4n) is 2.52. The highest BCUT2D eigenvalue weighted by molar-refractivity contribution is 5.70. The molecule has 4 aromatic heterocycles. The Morgan fingerprint density at radius 2 is 2.09 bits per heavy atom. The molecule has 0 unspecified atom stereocenters. The molecule has 0 fully saturated rings. The second kappa shape index (κ2) is 5.92. The van der Waals surface area contributed by atoms with Gasteiger partial charge in [0, 0.05) is 42.8 Å². The minimum Gasteiger partial charge on any atom is -0.472 e. The zero-order valence-corrected chi connectivity index (χ0v) is 12.4. The van der Waals surface area contributed by atoms with Gasteiger partial charge in [0.15, 0.2) is 11.5 Å². The molecule has 0 saturated carbocycles. The van der Waals surface area contributed by atoms with Crippen molar-refractivity contribution < 1.29 is 4.42 Å². The molecule has 0 bridgehead atoms. The normalized spacial score (nSPS) is 11.0. The molecule has 6 nitrogen and oxygen atoms in total. The number of hydrogen-bond acceptors (Lipinski definition) is 5. The van der Waals surface area contributed by atoms with Crippen molar-refractivity contribution in [3.05, 3.63) is 67.3 Å². The van der Waals surface area contributed by atoms with Gasteiger partial charge in [0.2, 0.25) is 0 Å². The van der Waals surface area contributed by atoms with Crippen molar-refractivity contribution in [3.63, 3.8) is 0 Å². The van der Waals surface area contributed by atoms with E-state index >= 15 is 0 Å². The summed E-state index contributed by atoms with van der Waals surface area (Å²) in [5, 5.41) is 3.34. The molecule has 0 aliphatic heterocycles. The van der Waals surface area contributed by atoms with Gasteiger partial charge in [-0.2, -0.15) is 0 Å². The second-order valence-corrected chi connectivity index (χ2v) is 5.12. The topological polar surface area (TPSA) is 68.2 Å². The third-order valence-corrected chi connectivity index (χ3v) is 3.64. The first-order valence-corrected chi connectivity index (χ1v) is 7.40. The number of anilines is 1. The fourth-order valence-corrected chi connectivity index (χ4v) is 2.52. The summed E-state index contributed by atoms with van der Waals surface area (Å²) in [5.41, 5.74) is 3.81. The predicted octanol–water partition coefficient (Wildman–Crippen LogP) is 3.04. The number of fused-ring (bicyclic) bond motifs is 1. The zero-order chi connectivity index (χ0) is 15.5. The molecule has 0 radical (unpaired) electrons. The van der Waals surface area contributed by atoms with Crippen LogP contribution >= 0.6 is 0 Å². The molecule has 114 valence electrons. The summed E-state index contributed by atoms with van der Waals surface area (Å²) in [5.74, 6) is 0.762. The van der Waals surface area contributed by atoms with E-state index in [1.165, 1.54) is 0 Å². The Bertz CT molecular complexity index is 899. The molecular formula is C17H15N5O. The third kappa shape index (κ3) is 2.66. The third-order valence-electron chi connectivity index (χ3n) is 3.64. The summed E-state index contributed by atoms with van der Waals surface area (Å²) in [4.78, 5) is 13.2. The summed E-state index contributed by atoms with van der Waals surface area (Å²) < 4.78 is 7.15. The lowest BCUT2D eigenvalue weighted by Gasteiger charge is -2.07. The number of pyridine rings is 1. The van der Waals surface area contributed by atoms with Gasteiger partial charge in [-0.3, -0.25) is 9.38 Å². The first kappa shape index (κ1) is 13.5. The SMILES string of the molecule is c1ccc(CCNc2nccn3c(-c4ccoc4)cnc23)nc1. The van der Waals surface area contributed by atoms with Crippen molar-refractivity contribution >= 4 is 11.5 Å². The molecular weight excluding hydrogens is 290 g/mol. The number of nitrogens with one attached hydrogen (secondary N) is 1. The smallest absolute Gasteiger partial charge is 0.180 e. The molecule has 0 aliphatic carbocycles. The first-order chi connectivity index (χ1) is 11.4. The van der Waals surface area contributed by atoms with Crippen LogP contribution in [-0.2, 0) is 6.42 Å². The Hall–Kier alpha value is -3.15. The summed E-state index contributed by atoms with van der Waals surface area (Å²) in [6.45, 7) is 0.748. The van der Waals surface area contributed by atoms with Gasteiger partial charge in [0.25, 0.3) is 0 Å².